The van der Waals surface area contributed by atoms with E-state index in [9.17, 15) is 0 Å². The Labute approximate surface area is 82.1 Å². The first-order chi connectivity index (χ1) is 6.34. The summed E-state index contributed by atoms with van der Waals surface area (Å²) >= 11 is 0. The second-order valence-corrected chi connectivity index (χ2v) is 5.18. The van der Waals surface area contributed by atoms with Gasteiger partial charge in [-0.05, 0) is 24.7 Å². The lowest BCUT2D eigenvalue weighted by Gasteiger charge is -2.24. The monoisotopic (exact) mass is 181 g/mol. The maximum absolute atomic E-state index is 6.15. The Morgan fingerprint density at radius 1 is 0.846 bits per heavy atom. The van der Waals surface area contributed by atoms with E-state index in [0.717, 1.165) is 11.8 Å². The van der Waals surface area contributed by atoms with E-state index in [2.05, 4.69) is 0 Å². The van der Waals surface area contributed by atoms with Crippen molar-refractivity contribution in [2.24, 2.45) is 17.6 Å². The highest BCUT2D eigenvalue weighted by Crippen LogP contribution is 2.35. The summed E-state index contributed by atoms with van der Waals surface area (Å²) < 4.78 is 0. The average Bonchev–Trinajstić information content (AvgIpc) is 2.90. The molecule has 2 aliphatic rings. The Morgan fingerprint density at radius 3 is 1.92 bits per heavy atom. The number of hydrogen-bond donors (Lipinski definition) is 1. The van der Waals surface area contributed by atoms with Crippen LogP contribution >= 0.6 is 0 Å². The molecule has 0 aromatic rings. The smallest absolute Gasteiger partial charge is 0.00441 e. The van der Waals surface area contributed by atoms with E-state index in [1.54, 1.807) is 0 Å². The van der Waals surface area contributed by atoms with Crippen LogP contribution in [0.3, 0.4) is 0 Å². The van der Waals surface area contributed by atoms with Crippen molar-refractivity contribution in [3.05, 3.63) is 0 Å². The van der Waals surface area contributed by atoms with Gasteiger partial charge in [0, 0.05) is 6.04 Å². The molecule has 1 nitrogen and oxygen atoms in total. The molecular weight excluding hydrogens is 158 g/mol. The molecule has 0 spiro atoms. The molecule has 76 valence electrons. The van der Waals surface area contributed by atoms with Gasteiger partial charge in [0.2, 0.25) is 0 Å². The standard InChI is InChI=1S/C12H23N/c13-12(9-11-6-7-11)8-10-4-2-1-3-5-10/h10-12H,1-9,13H2. The van der Waals surface area contributed by atoms with Gasteiger partial charge in [0.15, 0.2) is 0 Å². The molecule has 1 heteroatoms. The van der Waals surface area contributed by atoms with Crippen LogP contribution in [0, 0.1) is 11.8 Å². The van der Waals surface area contributed by atoms with Crippen molar-refractivity contribution in [3.63, 3.8) is 0 Å². The maximum atomic E-state index is 6.15. The number of nitrogens with two attached hydrogens (primary N) is 1. The molecule has 1 unspecified atom stereocenters. The largest absolute Gasteiger partial charge is 0.328 e. The minimum absolute atomic E-state index is 0.524. The van der Waals surface area contributed by atoms with Crippen molar-refractivity contribution in [2.45, 2.75) is 63.8 Å². The molecule has 0 heterocycles. The summed E-state index contributed by atoms with van der Waals surface area (Å²) in [7, 11) is 0. The van der Waals surface area contributed by atoms with Gasteiger partial charge in [-0.15, -0.1) is 0 Å². The summed E-state index contributed by atoms with van der Waals surface area (Å²) in [4.78, 5) is 0. The van der Waals surface area contributed by atoms with E-state index in [1.165, 1.54) is 57.8 Å². The second-order valence-electron chi connectivity index (χ2n) is 5.18. The van der Waals surface area contributed by atoms with Gasteiger partial charge in [0.1, 0.15) is 0 Å². The van der Waals surface area contributed by atoms with E-state index in [4.69, 9.17) is 5.73 Å². The Morgan fingerprint density at radius 2 is 1.38 bits per heavy atom. The molecule has 2 aliphatic carbocycles. The molecule has 1 atom stereocenters. The molecule has 0 radical (unpaired) electrons. The first-order valence-electron chi connectivity index (χ1n) is 6.10. The molecule has 0 amide bonds. The molecule has 0 bridgehead atoms. The van der Waals surface area contributed by atoms with Crippen LogP contribution in [0.2, 0.25) is 0 Å². The average molecular weight is 181 g/mol. The van der Waals surface area contributed by atoms with Gasteiger partial charge in [-0.25, -0.2) is 0 Å². The summed E-state index contributed by atoms with van der Waals surface area (Å²) in [5.41, 5.74) is 6.15. The summed E-state index contributed by atoms with van der Waals surface area (Å²) in [6.45, 7) is 0. The summed E-state index contributed by atoms with van der Waals surface area (Å²) in [5, 5.41) is 0. The van der Waals surface area contributed by atoms with Crippen LogP contribution in [0.1, 0.15) is 57.8 Å². The summed E-state index contributed by atoms with van der Waals surface area (Å²) in [5.74, 6) is 1.99. The first kappa shape index (κ1) is 9.51. The zero-order valence-corrected chi connectivity index (χ0v) is 8.67. The highest BCUT2D eigenvalue weighted by Gasteiger charge is 2.25. The van der Waals surface area contributed by atoms with Crippen molar-refractivity contribution in [1.82, 2.24) is 0 Å². The predicted molar refractivity (Wildman–Crippen MR) is 56.5 cm³/mol. The zero-order valence-electron chi connectivity index (χ0n) is 8.67. The third-order valence-corrected chi connectivity index (χ3v) is 3.69. The predicted octanol–water partition coefficient (Wildman–Crippen LogP) is 3.08. The van der Waals surface area contributed by atoms with Crippen molar-refractivity contribution in [3.8, 4) is 0 Å². The lowest BCUT2D eigenvalue weighted by Crippen LogP contribution is -2.25. The van der Waals surface area contributed by atoms with Crippen molar-refractivity contribution in [1.29, 1.82) is 0 Å². The highest BCUT2D eigenvalue weighted by molar-refractivity contribution is 4.80. The molecule has 2 rings (SSSR count). The van der Waals surface area contributed by atoms with Gasteiger partial charge < -0.3 is 5.73 Å². The normalized spacial score (nSPS) is 27.5. The molecule has 0 saturated heterocycles. The highest BCUT2D eigenvalue weighted by atomic mass is 14.6. The lowest BCUT2D eigenvalue weighted by molar-refractivity contribution is 0.309. The van der Waals surface area contributed by atoms with Crippen LogP contribution in [0.15, 0.2) is 0 Å². The molecule has 13 heavy (non-hydrogen) atoms. The maximum Gasteiger partial charge on any atom is 0.00441 e. The fraction of sp³-hybridized carbons (Fsp3) is 1.00. The molecule has 2 N–H and O–H groups in total. The Hall–Kier alpha value is -0.0400. The topological polar surface area (TPSA) is 26.0 Å². The van der Waals surface area contributed by atoms with Gasteiger partial charge in [-0.1, -0.05) is 44.9 Å². The van der Waals surface area contributed by atoms with E-state index in [-0.39, 0.29) is 0 Å². The fourth-order valence-electron chi connectivity index (χ4n) is 2.73. The van der Waals surface area contributed by atoms with Crippen LogP contribution < -0.4 is 5.73 Å². The van der Waals surface area contributed by atoms with Crippen LogP contribution in [0.5, 0.6) is 0 Å². The Balaban J connectivity index is 1.62. The van der Waals surface area contributed by atoms with E-state index in [0.29, 0.717) is 6.04 Å². The minimum Gasteiger partial charge on any atom is -0.328 e. The fourth-order valence-corrected chi connectivity index (χ4v) is 2.73. The molecule has 0 aromatic carbocycles. The number of hydrogen-bond acceptors (Lipinski definition) is 1. The van der Waals surface area contributed by atoms with Crippen LogP contribution in [-0.4, -0.2) is 6.04 Å². The third kappa shape index (κ3) is 3.30. The van der Waals surface area contributed by atoms with E-state index < -0.39 is 0 Å². The SMILES string of the molecule is NC(CC1CCCCC1)CC1CC1. The van der Waals surface area contributed by atoms with Crippen molar-refractivity contribution in [2.75, 3.05) is 0 Å². The van der Waals surface area contributed by atoms with Crippen molar-refractivity contribution < 1.29 is 0 Å². The molecule has 0 aromatic heterocycles. The summed E-state index contributed by atoms with van der Waals surface area (Å²) in [6, 6.07) is 0.524. The van der Waals surface area contributed by atoms with Crippen LogP contribution in [-0.2, 0) is 0 Å². The van der Waals surface area contributed by atoms with E-state index >= 15 is 0 Å². The second kappa shape index (κ2) is 4.45. The molecular formula is C12H23N. The number of rotatable bonds is 4. The molecule has 2 fully saturated rings. The van der Waals surface area contributed by atoms with Crippen molar-refractivity contribution >= 4 is 0 Å². The minimum atomic E-state index is 0.524. The lowest BCUT2D eigenvalue weighted by atomic mass is 9.84. The molecule has 0 aliphatic heterocycles. The van der Waals surface area contributed by atoms with Crippen LogP contribution in [0.4, 0.5) is 0 Å². The van der Waals surface area contributed by atoms with Gasteiger partial charge in [-0.3, -0.25) is 0 Å². The summed E-state index contributed by atoms with van der Waals surface area (Å²) in [6.07, 6.45) is 12.8. The zero-order chi connectivity index (χ0) is 9.10. The van der Waals surface area contributed by atoms with Crippen LogP contribution in [0.25, 0.3) is 0 Å². The Kier molecular flexibility index (Phi) is 3.26. The first-order valence-corrected chi connectivity index (χ1v) is 6.10. The van der Waals surface area contributed by atoms with Gasteiger partial charge in [0.05, 0.1) is 0 Å². The third-order valence-electron chi connectivity index (χ3n) is 3.69. The van der Waals surface area contributed by atoms with Gasteiger partial charge in [0.25, 0.3) is 0 Å². The quantitative estimate of drug-likeness (QED) is 0.708. The van der Waals surface area contributed by atoms with E-state index in [1.807, 2.05) is 0 Å². The van der Waals surface area contributed by atoms with Gasteiger partial charge in [-0.2, -0.15) is 0 Å². The van der Waals surface area contributed by atoms with Gasteiger partial charge >= 0.3 is 0 Å². The Bertz CT molecular complexity index is 145. The molecule has 2 saturated carbocycles.